The summed E-state index contributed by atoms with van der Waals surface area (Å²) < 4.78 is 7.90. The Hall–Kier alpha value is -1.93. The fourth-order valence-corrected chi connectivity index (χ4v) is 4.84. The second kappa shape index (κ2) is 7.75. The quantitative estimate of drug-likeness (QED) is 0.758. The molecular weight excluding hydrogens is 354 g/mol. The molecule has 7 nitrogen and oxygen atoms in total. The number of hydrogen-bond donors (Lipinski definition) is 1. The fraction of sp³-hybridized carbons (Fsp3) is 0.611. The summed E-state index contributed by atoms with van der Waals surface area (Å²) in [5.41, 5.74) is -0.0745. The third-order valence-corrected chi connectivity index (χ3v) is 6.41. The van der Waals surface area contributed by atoms with Crippen molar-refractivity contribution in [3.8, 4) is 0 Å². The number of nitrogens with one attached hydrogen (secondary N) is 1. The zero-order valence-electron chi connectivity index (χ0n) is 15.6. The molecule has 0 unspecified atom stereocenters. The van der Waals surface area contributed by atoms with Crippen LogP contribution in [0.1, 0.15) is 41.4 Å². The maximum Gasteiger partial charge on any atom is 0.348 e. The van der Waals surface area contributed by atoms with Crippen LogP contribution in [0.25, 0.3) is 10.2 Å². The minimum absolute atomic E-state index is 0.273. The number of likely N-dealkylation sites (tertiary alicyclic amines) is 1. The highest BCUT2D eigenvalue weighted by Gasteiger charge is 2.23. The second-order valence-electron chi connectivity index (χ2n) is 6.82. The van der Waals surface area contributed by atoms with E-state index < -0.39 is 5.97 Å². The summed E-state index contributed by atoms with van der Waals surface area (Å²) in [7, 11) is 1.50. The highest BCUT2D eigenvalue weighted by Crippen LogP contribution is 2.28. The van der Waals surface area contributed by atoms with Crippen LogP contribution in [0.5, 0.6) is 0 Å². The Morgan fingerprint density at radius 2 is 1.92 bits per heavy atom. The number of aromatic nitrogens is 2. The minimum Gasteiger partial charge on any atom is -0.462 e. The van der Waals surface area contributed by atoms with Gasteiger partial charge in [-0.1, -0.05) is 0 Å². The second-order valence-corrected chi connectivity index (χ2v) is 7.81. The summed E-state index contributed by atoms with van der Waals surface area (Å²) in [5, 5.41) is 0.453. The highest BCUT2D eigenvalue weighted by atomic mass is 32.1. The first-order valence-electron chi connectivity index (χ1n) is 9.19. The van der Waals surface area contributed by atoms with E-state index in [0.29, 0.717) is 27.2 Å². The van der Waals surface area contributed by atoms with Gasteiger partial charge in [0.05, 0.1) is 38.2 Å². The maximum atomic E-state index is 12.7. The zero-order chi connectivity index (χ0) is 18.8. The SMILES string of the molecule is CCOC(=O)c1sc2c(c1C)c(=O)n(C)c(=O)n2CC[NH+]1CCCCC1. The van der Waals surface area contributed by atoms with Crippen LogP contribution < -0.4 is 16.1 Å². The maximum absolute atomic E-state index is 12.7. The van der Waals surface area contributed by atoms with Crippen LogP contribution in [0.2, 0.25) is 0 Å². The minimum atomic E-state index is -0.436. The van der Waals surface area contributed by atoms with Gasteiger partial charge in [0, 0.05) is 7.05 Å². The van der Waals surface area contributed by atoms with Crippen LogP contribution in [-0.2, 0) is 18.3 Å². The summed E-state index contributed by atoms with van der Waals surface area (Å²) in [6.07, 6.45) is 3.72. The molecule has 0 aromatic carbocycles. The first kappa shape index (κ1) is 18.8. The van der Waals surface area contributed by atoms with Crippen LogP contribution in [0, 0.1) is 6.92 Å². The summed E-state index contributed by atoms with van der Waals surface area (Å²) in [4.78, 5) is 40.0. The standard InChI is InChI=1S/C18H25N3O4S/c1-4-25-17(23)14-12(2)13-15(22)19(3)18(24)21(16(13)26-14)11-10-20-8-6-5-7-9-20/h4-11H2,1-3H3/p+1. The van der Waals surface area contributed by atoms with Gasteiger partial charge in [0.25, 0.3) is 5.56 Å². The lowest BCUT2D eigenvalue weighted by molar-refractivity contribution is -0.905. The average Bonchev–Trinajstić information content (AvgIpc) is 2.98. The van der Waals surface area contributed by atoms with E-state index in [1.165, 1.54) is 42.5 Å². The number of quaternary nitrogens is 1. The van der Waals surface area contributed by atoms with E-state index in [2.05, 4.69) is 0 Å². The van der Waals surface area contributed by atoms with Crippen molar-refractivity contribution in [1.29, 1.82) is 0 Å². The van der Waals surface area contributed by atoms with E-state index in [1.54, 1.807) is 18.4 Å². The average molecular weight is 380 g/mol. The molecule has 142 valence electrons. The van der Waals surface area contributed by atoms with Gasteiger partial charge < -0.3 is 9.64 Å². The Labute approximate surface area is 155 Å². The van der Waals surface area contributed by atoms with Gasteiger partial charge in [-0.05, 0) is 38.7 Å². The summed E-state index contributed by atoms with van der Waals surface area (Å²) in [6.45, 7) is 7.41. The van der Waals surface area contributed by atoms with Crippen molar-refractivity contribution < 1.29 is 14.4 Å². The third kappa shape index (κ3) is 3.35. The number of rotatable bonds is 5. The molecule has 0 spiro atoms. The third-order valence-electron chi connectivity index (χ3n) is 5.12. The normalized spacial score (nSPS) is 15.5. The summed E-state index contributed by atoms with van der Waals surface area (Å²) in [6, 6.07) is 0. The number of fused-ring (bicyclic) bond motifs is 1. The van der Waals surface area contributed by atoms with Gasteiger partial charge in [0.1, 0.15) is 9.71 Å². The van der Waals surface area contributed by atoms with Crippen molar-refractivity contribution >= 4 is 27.5 Å². The molecule has 0 amide bonds. The molecule has 1 aliphatic heterocycles. The van der Waals surface area contributed by atoms with Crippen molar-refractivity contribution in [2.24, 2.45) is 7.05 Å². The number of piperidine rings is 1. The number of hydrogen-bond acceptors (Lipinski definition) is 5. The van der Waals surface area contributed by atoms with E-state index in [4.69, 9.17) is 4.74 Å². The molecule has 0 atom stereocenters. The summed E-state index contributed by atoms with van der Waals surface area (Å²) in [5.74, 6) is -0.436. The number of ether oxygens (including phenoxy) is 1. The zero-order valence-corrected chi connectivity index (χ0v) is 16.4. The van der Waals surface area contributed by atoms with E-state index in [-0.39, 0.29) is 17.9 Å². The summed E-state index contributed by atoms with van der Waals surface area (Å²) >= 11 is 1.19. The molecule has 0 bridgehead atoms. The monoisotopic (exact) mass is 380 g/mol. The number of carbonyl (C=O) groups is 1. The smallest absolute Gasteiger partial charge is 0.348 e. The molecule has 0 aliphatic carbocycles. The molecule has 3 heterocycles. The van der Waals surface area contributed by atoms with Gasteiger partial charge in [-0.25, -0.2) is 9.59 Å². The lowest BCUT2D eigenvalue weighted by atomic mass is 10.1. The number of carbonyl (C=O) groups excluding carboxylic acids is 1. The van der Waals surface area contributed by atoms with Gasteiger partial charge in [-0.3, -0.25) is 13.9 Å². The number of aryl methyl sites for hydroxylation is 1. The molecule has 0 saturated carbocycles. The Balaban J connectivity index is 2.06. The van der Waals surface area contributed by atoms with Crippen molar-refractivity contribution in [1.82, 2.24) is 9.13 Å². The molecule has 3 rings (SSSR count). The van der Waals surface area contributed by atoms with Crippen molar-refractivity contribution in [2.45, 2.75) is 39.7 Å². The van der Waals surface area contributed by atoms with E-state index in [9.17, 15) is 14.4 Å². The number of esters is 1. The van der Waals surface area contributed by atoms with Gasteiger partial charge in [0.2, 0.25) is 0 Å². The Morgan fingerprint density at radius 3 is 2.58 bits per heavy atom. The molecule has 2 aromatic rings. The largest absolute Gasteiger partial charge is 0.462 e. The molecule has 26 heavy (non-hydrogen) atoms. The number of nitrogens with zero attached hydrogens (tertiary/aromatic N) is 2. The molecule has 1 fully saturated rings. The predicted octanol–water partition coefficient (Wildman–Crippen LogP) is 0.316. The first-order chi connectivity index (χ1) is 12.5. The fourth-order valence-electron chi connectivity index (χ4n) is 3.62. The van der Waals surface area contributed by atoms with Gasteiger partial charge in [0.15, 0.2) is 0 Å². The van der Waals surface area contributed by atoms with E-state index >= 15 is 0 Å². The van der Waals surface area contributed by atoms with Crippen molar-refractivity contribution in [2.75, 3.05) is 26.2 Å². The Morgan fingerprint density at radius 1 is 1.23 bits per heavy atom. The Bertz CT molecular complexity index is 935. The molecule has 0 radical (unpaired) electrons. The first-order valence-corrected chi connectivity index (χ1v) is 10.0. The lowest BCUT2D eigenvalue weighted by Gasteiger charge is -2.23. The molecule has 1 saturated heterocycles. The topological polar surface area (TPSA) is 74.7 Å². The molecule has 1 aliphatic rings. The number of thiophene rings is 1. The van der Waals surface area contributed by atoms with Crippen LogP contribution in [0.4, 0.5) is 0 Å². The van der Waals surface area contributed by atoms with E-state index in [1.807, 2.05) is 0 Å². The van der Waals surface area contributed by atoms with Gasteiger partial charge in [-0.2, -0.15) is 0 Å². The molecular formula is C18H26N3O4S+. The van der Waals surface area contributed by atoms with Gasteiger partial charge >= 0.3 is 11.7 Å². The van der Waals surface area contributed by atoms with Crippen LogP contribution in [0.3, 0.4) is 0 Å². The van der Waals surface area contributed by atoms with Crippen LogP contribution >= 0.6 is 11.3 Å². The van der Waals surface area contributed by atoms with Crippen molar-refractivity contribution in [3.05, 3.63) is 31.3 Å². The molecule has 1 N–H and O–H groups in total. The highest BCUT2D eigenvalue weighted by molar-refractivity contribution is 7.20. The lowest BCUT2D eigenvalue weighted by Crippen LogP contribution is -3.13. The predicted molar refractivity (Wildman–Crippen MR) is 101 cm³/mol. The van der Waals surface area contributed by atoms with Crippen LogP contribution in [-0.4, -0.2) is 41.3 Å². The molecule has 2 aromatic heterocycles. The molecule has 8 heteroatoms. The van der Waals surface area contributed by atoms with Crippen molar-refractivity contribution in [3.63, 3.8) is 0 Å². The van der Waals surface area contributed by atoms with Gasteiger partial charge in [-0.15, -0.1) is 11.3 Å². The van der Waals surface area contributed by atoms with E-state index in [0.717, 1.165) is 24.2 Å². The van der Waals surface area contributed by atoms with Crippen LogP contribution in [0.15, 0.2) is 9.59 Å². The Kier molecular flexibility index (Phi) is 5.62.